The standard InChI is InChI=1S/C15H16N2O2S/c1-10-13(14(18)19-2)20-15(16-10)17-8-7-11-5-3-4-6-12(11)9-17/h3-6H,7-9H2,1-2H3. The van der Waals surface area contributed by atoms with Crippen LogP contribution in [0.15, 0.2) is 24.3 Å². The third-order valence-corrected chi connectivity index (χ3v) is 4.76. The largest absolute Gasteiger partial charge is 0.465 e. The van der Waals surface area contributed by atoms with Gasteiger partial charge in [-0.1, -0.05) is 35.6 Å². The van der Waals surface area contributed by atoms with E-state index >= 15 is 0 Å². The molecule has 0 N–H and O–H groups in total. The van der Waals surface area contributed by atoms with E-state index in [1.54, 1.807) is 0 Å². The molecule has 3 rings (SSSR count). The molecule has 0 radical (unpaired) electrons. The third kappa shape index (κ3) is 2.29. The molecule has 0 unspecified atom stereocenters. The van der Waals surface area contributed by atoms with E-state index in [1.807, 2.05) is 6.92 Å². The van der Waals surface area contributed by atoms with E-state index < -0.39 is 0 Å². The predicted octanol–water partition coefficient (Wildman–Crippen LogP) is 2.80. The number of anilines is 1. The van der Waals surface area contributed by atoms with Crippen molar-refractivity contribution in [1.82, 2.24) is 4.98 Å². The molecule has 5 heteroatoms. The minimum absolute atomic E-state index is 0.302. The number of ether oxygens (including phenoxy) is 1. The van der Waals surface area contributed by atoms with E-state index in [4.69, 9.17) is 4.74 Å². The molecule has 0 amide bonds. The summed E-state index contributed by atoms with van der Waals surface area (Å²) in [5.41, 5.74) is 3.49. The van der Waals surface area contributed by atoms with Gasteiger partial charge in [0.15, 0.2) is 5.13 Å². The molecule has 0 bridgehead atoms. The number of rotatable bonds is 2. The minimum atomic E-state index is -0.302. The second-order valence-corrected chi connectivity index (χ2v) is 5.82. The molecule has 0 saturated carbocycles. The molecule has 4 nitrogen and oxygen atoms in total. The Morgan fingerprint density at radius 3 is 2.85 bits per heavy atom. The molecule has 0 atom stereocenters. The Bertz CT molecular complexity index is 651. The number of esters is 1. The number of nitrogens with zero attached hydrogens (tertiary/aromatic N) is 2. The van der Waals surface area contributed by atoms with Crippen LogP contribution < -0.4 is 4.90 Å². The van der Waals surface area contributed by atoms with Gasteiger partial charge in [0, 0.05) is 13.1 Å². The van der Waals surface area contributed by atoms with Crippen molar-refractivity contribution >= 4 is 22.4 Å². The SMILES string of the molecule is COC(=O)c1sc(N2CCc3ccccc3C2)nc1C. The fourth-order valence-corrected chi connectivity index (χ4v) is 3.47. The lowest BCUT2D eigenvalue weighted by Gasteiger charge is -2.28. The molecular formula is C15H16N2O2S. The van der Waals surface area contributed by atoms with Crippen LogP contribution in [0.25, 0.3) is 0 Å². The number of hydrogen-bond donors (Lipinski definition) is 0. The summed E-state index contributed by atoms with van der Waals surface area (Å²) in [7, 11) is 1.40. The number of methoxy groups -OCH3 is 1. The lowest BCUT2D eigenvalue weighted by molar-refractivity contribution is 0.0605. The van der Waals surface area contributed by atoms with Gasteiger partial charge in [-0.05, 0) is 24.5 Å². The van der Waals surface area contributed by atoms with Crippen LogP contribution in [0.2, 0.25) is 0 Å². The Labute approximate surface area is 122 Å². The third-order valence-electron chi connectivity index (χ3n) is 3.56. The highest BCUT2D eigenvalue weighted by atomic mass is 32.1. The molecule has 1 aliphatic heterocycles. The minimum Gasteiger partial charge on any atom is -0.465 e. The number of aromatic nitrogens is 1. The molecule has 1 aromatic carbocycles. The van der Waals surface area contributed by atoms with Gasteiger partial charge in [-0.3, -0.25) is 0 Å². The highest BCUT2D eigenvalue weighted by Gasteiger charge is 2.22. The van der Waals surface area contributed by atoms with E-state index in [2.05, 4.69) is 34.1 Å². The Morgan fingerprint density at radius 2 is 2.10 bits per heavy atom. The maximum atomic E-state index is 11.7. The topological polar surface area (TPSA) is 42.4 Å². The lowest BCUT2D eigenvalue weighted by atomic mass is 10.0. The Morgan fingerprint density at radius 1 is 1.35 bits per heavy atom. The monoisotopic (exact) mass is 288 g/mol. The van der Waals surface area contributed by atoms with E-state index in [0.717, 1.165) is 30.3 Å². The fraction of sp³-hybridized carbons (Fsp3) is 0.333. The normalized spacial score (nSPS) is 14.0. The van der Waals surface area contributed by atoms with Gasteiger partial charge in [0.05, 0.1) is 12.8 Å². The smallest absolute Gasteiger partial charge is 0.350 e. The van der Waals surface area contributed by atoms with Gasteiger partial charge in [0.2, 0.25) is 0 Å². The van der Waals surface area contributed by atoms with E-state index in [1.165, 1.54) is 29.6 Å². The second kappa shape index (κ2) is 5.25. The van der Waals surface area contributed by atoms with Crippen molar-refractivity contribution in [2.75, 3.05) is 18.6 Å². The first-order chi connectivity index (χ1) is 9.69. The number of fused-ring (bicyclic) bond motifs is 1. The van der Waals surface area contributed by atoms with Crippen LogP contribution in [-0.2, 0) is 17.7 Å². The summed E-state index contributed by atoms with van der Waals surface area (Å²) in [5, 5.41) is 0.900. The molecule has 104 valence electrons. The molecule has 2 heterocycles. The van der Waals surface area contributed by atoms with Crippen LogP contribution in [0.4, 0.5) is 5.13 Å². The maximum Gasteiger partial charge on any atom is 0.350 e. The number of hydrogen-bond acceptors (Lipinski definition) is 5. The van der Waals surface area contributed by atoms with Crippen molar-refractivity contribution in [3.05, 3.63) is 46.0 Å². The highest BCUT2D eigenvalue weighted by Crippen LogP contribution is 2.30. The summed E-state index contributed by atoms with van der Waals surface area (Å²) in [6, 6.07) is 8.48. The van der Waals surface area contributed by atoms with Crippen LogP contribution >= 0.6 is 11.3 Å². The van der Waals surface area contributed by atoms with Crippen molar-refractivity contribution < 1.29 is 9.53 Å². The summed E-state index contributed by atoms with van der Waals surface area (Å²) < 4.78 is 4.79. The number of benzene rings is 1. The number of aryl methyl sites for hydroxylation is 1. The first-order valence-electron chi connectivity index (χ1n) is 6.56. The van der Waals surface area contributed by atoms with Gasteiger partial charge in [-0.15, -0.1) is 0 Å². The highest BCUT2D eigenvalue weighted by molar-refractivity contribution is 7.17. The zero-order valence-corrected chi connectivity index (χ0v) is 12.4. The summed E-state index contributed by atoms with van der Waals surface area (Å²) in [5.74, 6) is -0.302. The molecule has 0 fully saturated rings. The molecule has 0 saturated heterocycles. The van der Waals surface area contributed by atoms with Crippen LogP contribution in [0.3, 0.4) is 0 Å². The molecule has 1 aliphatic rings. The Balaban J connectivity index is 1.87. The first kappa shape index (κ1) is 13.1. The van der Waals surface area contributed by atoms with Crippen LogP contribution in [-0.4, -0.2) is 24.6 Å². The number of carbonyl (C=O) groups is 1. The lowest BCUT2D eigenvalue weighted by Crippen LogP contribution is -2.30. The quantitative estimate of drug-likeness (QED) is 0.797. The van der Waals surface area contributed by atoms with Crippen LogP contribution in [0, 0.1) is 6.92 Å². The summed E-state index contributed by atoms with van der Waals surface area (Å²) in [4.78, 5) is 19.0. The molecule has 1 aromatic heterocycles. The van der Waals surface area contributed by atoms with Gasteiger partial charge in [0.1, 0.15) is 4.88 Å². The molecule has 0 aliphatic carbocycles. The zero-order chi connectivity index (χ0) is 14.1. The van der Waals surface area contributed by atoms with Gasteiger partial charge in [-0.25, -0.2) is 9.78 Å². The second-order valence-electron chi connectivity index (χ2n) is 4.84. The average molecular weight is 288 g/mol. The molecule has 2 aromatic rings. The first-order valence-corrected chi connectivity index (χ1v) is 7.38. The molecule has 20 heavy (non-hydrogen) atoms. The van der Waals surface area contributed by atoms with Crippen molar-refractivity contribution in [2.24, 2.45) is 0 Å². The summed E-state index contributed by atoms with van der Waals surface area (Å²) in [6.07, 6.45) is 1.02. The number of carbonyl (C=O) groups excluding carboxylic acids is 1. The van der Waals surface area contributed by atoms with Gasteiger partial charge >= 0.3 is 5.97 Å². The summed E-state index contributed by atoms with van der Waals surface area (Å²) >= 11 is 1.41. The van der Waals surface area contributed by atoms with E-state index in [9.17, 15) is 4.79 Å². The Kier molecular flexibility index (Phi) is 3.44. The number of thiazole rings is 1. The van der Waals surface area contributed by atoms with Crippen molar-refractivity contribution in [2.45, 2.75) is 19.9 Å². The summed E-state index contributed by atoms with van der Waals surface area (Å²) in [6.45, 7) is 3.64. The van der Waals surface area contributed by atoms with Gasteiger partial charge in [-0.2, -0.15) is 0 Å². The van der Waals surface area contributed by atoms with Crippen molar-refractivity contribution in [3.8, 4) is 0 Å². The van der Waals surface area contributed by atoms with Crippen molar-refractivity contribution in [1.29, 1.82) is 0 Å². The average Bonchev–Trinajstić information content (AvgIpc) is 2.88. The predicted molar refractivity (Wildman–Crippen MR) is 79.4 cm³/mol. The molecular weight excluding hydrogens is 272 g/mol. The Hall–Kier alpha value is -1.88. The van der Waals surface area contributed by atoms with Gasteiger partial charge < -0.3 is 9.64 Å². The van der Waals surface area contributed by atoms with Crippen LogP contribution in [0.1, 0.15) is 26.5 Å². The van der Waals surface area contributed by atoms with E-state index in [-0.39, 0.29) is 5.97 Å². The molecule has 0 spiro atoms. The fourth-order valence-electron chi connectivity index (χ4n) is 2.46. The zero-order valence-electron chi connectivity index (χ0n) is 11.5. The maximum absolute atomic E-state index is 11.7. The van der Waals surface area contributed by atoms with Crippen LogP contribution in [0.5, 0.6) is 0 Å². The van der Waals surface area contributed by atoms with E-state index in [0.29, 0.717) is 4.88 Å². The van der Waals surface area contributed by atoms with Crippen molar-refractivity contribution in [3.63, 3.8) is 0 Å². The van der Waals surface area contributed by atoms with Gasteiger partial charge in [0.25, 0.3) is 0 Å².